The molecule has 2 saturated heterocycles. The lowest BCUT2D eigenvalue weighted by Crippen LogP contribution is -2.35. The van der Waals surface area contributed by atoms with Crippen LogP contribution in [0, 0.1) is 11.8 Å². The van der Waals surface area contributed by atoms with Crippen LogP contribution in [0.15, 0.2) is 0 Å². The molecule has 28 heavy (non-hydrogen) atoms. The summed E-state index contributed by atoms with van der Waals surface area (Å²) in [6, 6.07) is 0.940. The molecular weight excluding hydrogens is 356 g/mol. The number of hydrogen-bond acceptors (Lipinski definition) is 7. The van der Waals surface area contributed by atoms with Crippen molar-refractivity contribution in [3.63, 3.8) is 0 Å². The molecule has 158 valence electrons. The van der Waals surface area contributed by atoms with Crippen molar-refractivity contribution in [1.29, 1.82) is 0 Å². The number of aromatic nitrogens is 4. The second-order valence-electron chi connectivity index (χ2n) is 8.70. The standard InChI is InChI=1S/C19H36N8O/c1-14-7-10-26(11-8-14)12-18-22-23-24-27(18)13-19(28)25(4)9-5-6-17-15(2)20-21-16(17)3/h14-17,20-21H,5-13H2,1-4H3. The number of nitrogens with one attached hydrogen (secondary N) is 2. The topological polar surface area (TPSA) is 91.2 Å². The lowest BCUT2D eigenvalue weighted by molar-refractivity contribution is -0.130. The number of hydrazine groups is 1. The van der Waals surface area contributed by atoms with Crippen LogP contribution in [0.4, 0.5) is 0 Å². The Bertz CT molecular complexity index is 617. The predicted molar refractivity (Wildman–Crippen MR) is 107 cm³/mol. The third kappa shape index (κ3) is 5.48. The SMILES string of the molecule is CC1CCN(Cc2nnnn2CC(=O)N(C)CCCC2C(C)NNC2C)CC1. The first-order valence-corrected chi connectivity index (χ1v) is 10.7. The Morgan fingerprint density at radius 3 is 2.54 bits per heavy atom. The van der Waals surface area contributed by atoms with Crippen molar-refractivity contribution in [3.05, 3.63) is 5.82 Å². The van der Waals surface area contributed by atoms with Gasteiger partial charge in [0.25, 0.3) is 0 Å². The lowest BCUT2D eigenvalue weighted by atomic mass is 9.91. The summed E-state index contributed by atoms with van der Waals surface area (Å²) < 4.78 is 1.66. The highest BCUT2D eigenvalue weighted by molar-refractivity contribution is 5.75. The van der Waals surface area contributed by atoms with Gasteiger partial charge in [0, 0.05) is 25.7 Å². The number of tetrazole rings is 1. The van der Waals surface area contributed by atoms with Gasteiger partial charge in [-0.1, -0.05) is 6.92 Å². The van der Waals surface area contributed by atoms with Crippen molar-refractivity contribution in [2.45, 2.75) is 71.6 Å². The first kappa shape index (κ1) is 21.1. The van der Waals surface area contributed by atoms with E-state index in [-0.39, 0.29) is 12.5 Å². The van der Waals surface area contributed by atoms with Crippen LogP contribution >= 0.6 is 0 Å². The fourth-order valence-corrected chi connectivity index (χ4v) is 4.23. The summed E-state index contributed by atoms with van der Waals surface area (Å²) in [5.41, 5.74) is 6.58. The third-order valence-corrected chi connectivity index (χ3v) is 6.41. The van der Waals surface area contributed by atoms with Crippen LogP contribution < -0.4 is 10.9 Å². The smallest absolute Gasteiger partial charge is 0.244 e. The fourth-order valence-electron chi connectivity index (χ4n) is 4.23. The molecule has 2 fully saturated rings. The molecule has 9 heteroatoms. The molecule has 2 aliphatic heterocycles. The fraction of sp³-hybridized carbons (Fsp3) is 0.895. The molecule has 1 aromatic heterocycles. The normalized spacial score (nSPS) is 26.6. The van der Waals surface area contributed by atoms with E-state index in [0.29, 0.717) is 24.5 Å². The summed E-state index contributed by atoms with van der Waals surface area (Å²) in [5.74, 6) is 2.23. The molecule has 9 nitrogen and oxygen atoms in total. The first-order chi connectivity index (χ1) is 13.4. The van der Waals surface area contributed by atoms with Crippen molar-refractivity contribution in [3.8, 4) is 0 Å². The van der Waals surface area contributed by atoms with Crippen LogP contribution in [0.25, 0.3) is 0 Å². The molecular formula is C19H36N8O. The summed E-state index contributed by atoms with van der Waals surface area (Å²) in [7, 11) is 1.87. The molecule has 3 rings (SSSR count). The lowest BCUT2D eigenvalue weighted by Gasteiger charge is -2.29. The zero-order valence-electron chi connectivity index (χ0n) is 17.8. The third-order valence-electron chi connectivity index (χ3n) is 6.41. The number of carbonyl (C=O) groups excluding carboxylic acids is 1. The minimum atomic E-state index is 0.0598. The Labute approximate surface area is 168 Å². The van der Waals surface area contributed by atoms with Crippen molar-refractivity contribution in [1.82, 2.24) is 40.9 Å². The van der Waals surface area contributed by atoms with Crippen molar-refractivity contribution >= 4 is 5.91 Å². The summed E-state index contributed by atoms with van der Waals surface area (Å²) >= 11 is 0. The summed E-state index contributed by atoms with van der Waals surface area (Å²) in [4.78, 5) is 16.8. The number of rotatable bonds is 8. The Hall–Kier alpha value is -1.58. The van der Waals surface area contributed by atoms with Gasteiger partial charge in [0.1, 0.15) is 6.54 Å². The number of carbonyl (C=O) groups is 1. The van der Waals surface area contributed by atoms with Gasteiger partial charge in [-0.15, -0.1) is 5.10 Å². The van der Waals surface area contributed by atoms with E-state index in [9.17, 15) is 4.79 Å². The second kappa shape index (κ2) is 9.76. The van der Waals surface area contributed by atoms with E-state index in [1.807, 2.05) is 7.05 Å². The van der Waals surface area contributed by atoms with E-state index >= 15 is 0 Å². The van der Waals surface area contributed by atoms with Crippen LogP contribution in [0.3, 0.4) is 0 Å². The highest BCUT2D eigenvalue weighted by Crippen LogP contribution is 2.20. The van der Waals surface area contributed by atoms with Gasteiger partial charge in [-0.3, -0.25) is 20.5 Å². The maximum Gasteiger partial charge on any atom is 0.244 e. The van der Waals surface area contributed by atoms with Gasteiger partial charge in [0.15, 0.2) is 5.82 Å². The van der Waals surface area contributed by atoms with Crippen LogP contribution in [-0.2, 0) is 17.9 Å². The van der Waals surface area contributed by atoms with E-state index in [4.69, 9.17) is 0 Å². The molecule has 2 atom stereocenters. The maximum absolute atomic E-state index is 12.6. The number of likely N-dealkylation sites (tertiary alicyclic amines) is 1. The van der Waals surface area contributed by atoms with Gasteiger partial charge in [0.2, 0.25) is 5.91 Å². The molecule has 2 aliphatic rings. The van der Waals surface area contributed by atoms with Gasteiger partial charge < -0.3 is 4.90 Å². The molecule has 0 radical (unpaired) electrons. The molecule has 0 saturated carbocycles. The highest BCUT2D eigenvalue weighted by Gasteiger charge is 2.29. The monoisotopic (exact) mass is 392 g/mol. The molecule has 0 bridgehead atoms. The molecule has 0 spiro atoms. The quantitative estimate of drug-likeness (QED) is 0.671. The van der Waals surface area contributed by atoms with Crippen molar-refractivity contribution in [2.24, 2.45) is 11.8 Å². The first-order valence-electron chi connectivity index (χ1n) is 10.7. The van der Waals surface area contributed by atoms with E-state index in [1.54, 1.807) is 9.58 Å². The minimum absolute atomic E-state index is 0.0598. The maximum atomic E-state index is 12.6. The average molecular weight is 393 g/mol. The van der Waals surface area contributed by atoms with Crippen molar-refractivity contribution < 1.29 is 4.79 Å². The summed E-state index contributed by atoms with van der Waals surface area (Å²) in [6.45, 7) is 10.5. The van der Waals surface area contributed by atoms with Gasteiger partial charge in [0.05, 0.1) is 6.54 Å². The van der Waals surface area contributed by atoms with Gasteiger partial charge in [-0.05, 0) is 74.9 Å². The van der Waals surface area contributed by atoms with Crippen LogP contribution in [0.1, 0.15) is 52.3 Å². The molecule has 3 heterocycles. The minimum Gasteiger partial charge on any atom is -0.344 e. The number of piperidine rings is 1. The van der Waals surface area contributed by atoms with Crippen molar-refractivity contribution in [2.75, 3.05) is 26.7 Å². The number of likely N-dealkylation sites (N-methyl/N-ethyl adjacent to an activating group) is 1. The Balaban J connectivity index is 1.43. The predicted octanol–water partition coefficient (Wildman–Crippen LogP) is 0.645. The Kier molecular flexibility index (Phi) is 7.36. The Morgan fingerprint density at radius 2 is 1.86 bits per heavy atom. The number of nitrogens with zero attached hydrogens (tertiary/aromatic N) is 6. The summed E-state index contributed by atoms with van der Waals surface area (Å²) in [5, 5.41) is 12.0. The molecule has 0 aromatic carbocycles. The second-order valence-corrected chi connectivity index (χ2v) is 8.70. The van der Waals surface area contributed by atoms with E-state index < -0.39 is 0 Å². The zero-order chi connectivity index (χ0) is 20.1. The molecule has 2 N–H and O–H groups in total. The van der Waals surface area contributed by atoms with Gasteiger partial charge in [-0.25, -0.2) is 4.68 Å². The van der Waals surface area contributed by atoms with Gasteiger partial charge in [-0.2, -0.15) is 0 Å². The van der Waals surface area contributed by atoms with Crippen LogP contribution in [0.5, 0.6) is 0 Å². The highest BCUT2D eigenvalue weighted by atomic mass is 16.2. The number of hydrogen-bond donors (Lipinski definition) is 2. The van der Waals surface area contributed by atoms with E-state index in [2.05, 4.69) is 52.0 Å². The van der Waals surface area contributed by atoms with E-state index in [1.165, 1.54) is 12.8 Å². The van der Waals surface area contributed by atoms with Crippen LogP contribution in [-0.4, -0.2) is 74.7 Å². The Morgan fingerprint density at radius 1 is 1.18 bits per heavy atom. The molecule has 2 unspecified atom stereocenters. The molecule has 1 amide bonds. The van der Waals surface area contributed by atoms with Gasteiger partial charge >= 0.3 is 0 Å². The molecule has 1 aromatic rings. The largest absolute Gasteiger partial charge is 0.344 e. The van der Waals surface area contributed by atoms with Crippen LogP contribution in [0.2, 0.25) is 0 Å². The zero-order valence-corrected chi connectivity index (χ0v) is 17.8. The summed E-state index contributed by atoms with van der Waals surface area (Å²) in [6.07, 6.45) is 4.53. The van der Waals surface area contributed by atoms with E-state index in [0.717, 1.165) is 44.2 Å². The molecule has 0 aliphatic carbocycles. The average Bonchev–Trinajstić information content (AvgIpc) is 3.24. The number of amides is 1.